The van der Waals surface area contributed by atoms with Gasteiger partial charge in [-0.15, -0.1) is 0 Å². The summed E-state index contributed by atoms with van der Waals surface area (Å²) in [6.45, 7) is 2.05. The van der Waals surface area contributed by atoms with E-state index in [0.29, 0.717) is 18.4 Å². The zero-order valence-corrected chi connectivity index (χ0v) is 8.84. The molecule has 1 aromatic heterocycles. The number of nitrogens with zero attached hydrogens (tertiary/aromatic N) is 2. The van der Waals surface area contributed by atoms with Crippen LogP contribution in [0.5, 0.6) is 5.88 Å². The minimum absolute atomic E-state index is 0.347. The van der Waals surface area contributed by atoms with Crippen LogP contribution in [0.3, 0.4) is 0 Å². The number of hydrogen-bond acceptors (Lipinski definition) is 6. The topological polar surface area (TPSA) is 93.3 Å². The molecule has 1 rings (SSSR count). The highest BCUT2D eigenvalue weighted by atomic mass is 16.5. The normalized spacial score (nSPS) is 14.4. The van der Waals surface area contributed by atoms with Gasteiger partial charge >= 0.3 is 0 Å². The zero-order chi connectivity index (χ0) is 11.3. The van der Waals surface area contributed by atoms with Gasteiger partial charge in [0.25, 0.3) is 0 Å². The smallest absolute Gasteiger partial charge is 0.225 e. The average molecular weight is 212 g/mol. The number of aliphatic hydroxyl groups excluding tert-OH is 1. The third-order valence-electron chi connectivity index (χ3n) is 1.95. The SMILES string of the molecule is COc1ccnc(NCC(N)C(C)O)n1. The van der Waals surface area contributed by atoms with Gasteiger partial charge in [-0.2, -0.15) is 4.98 Å². The lowest BCUT2D eigenvalue weighted by molar-refractivity contribution is 0.168. The number of aromatic nitrogens is 2. The molecule has 2 unspecified atom stereocenters. The lowest BCUT2D eigenvalue weighted by Gasteiger charge is -2.15. The van der Waals surface area contributed by atoms with Crippen molar-refractivity contribution in [3.05, 3.63) is 12.3 Å². The van der Waals surface area contributed by atoms with Crippen molar-refractivity contribution in [2.75, 3.05) is 19.0 Å². The van der Waals surface area contributed by atoms with E-state index < -0.39 is 6.10 Å². The first kappa shape index (κ1) is 11.7. The molecular weight excluding hydrogens is 196 g/mol. The number of nitrogens with one attached hydrogen (secondary N) is 1. The minimum atomic E-state index is -0.567. The van der Waals surface area contributed by atoms with Gasteiger partial charge in [-0.25, -0.2) is 4.98 Å². The molecule has 0 aliphatic heterocycles. The summed E-state index contributed by atoms with van der Waals surface area (Å²) in [5.74, 6) is 0.920. The molecular formula is C9H16N4O2. The molecule has 6 nitrogen and oxygen atoms in total. The molecule has 0 spiro atoms. The molecule has 0 saturated carbocycles. The van der Waals surface area contributed by atoms with Gasteiger partial charge in [-0.1, -0.05) is 0 Å². The molecule has 1 aromatic rings. The second-order valence-electron chi connectivity index (χ2n) is 3.21. The van der Waals surface area contributed by atoms with Crippen LogP contribution in [0.15, 0.2) is 12.3 Å². The van der Waals surface area contributed by atoms with Crippen molar-refractivity contribution in [1.29, 1.82) is 0 Å². The Bertz CT molecular complexity index is 306. The average Bonchev–Trinajstić information content (AvgIpc) is 2.26. The maximum absolute atomic E-state index is 9.17. The summed E-state index contributed by atoms with van der Waals surface area (Å²) in [7, 11) is 1.54. The third kappa shape index (κ3) is 3.69. The number of hydrogen-bond donors (Lipinski definition) is 3. The summed E-state index contributed by atoms with van der Waals surface area (Å²) in [6, 6.07) is 1.31. The second kappa shape index (κ2) is 5.47. The van der Waals surface area contributed by atoms with Crippen LogP contribution in [-0.4, -0.2) is 40.9 Å². The first-order chi connectivity index (χ1) is 7.13. The molecule has 15 heavy (non-hydrogen) atoms. The van der Waals surface area contributed by atoms with Crippen LogP contribution in [0, 0.1) is 0 Å². The van der Waals surface area contributed by atoms with Crippen molar-refractivity contribution in [3.8, 4) is 5.88 Å². The predicted octanol–water partition coefficient (Wildman–Crippen LogP) is -0.395. The highest BCUT2D eigenvalue weighted by molar-refractivity contribution is 5.27. The Labute approximate surface area is 88.5 Å². The quantitative estimate of drug-likeness (QED) is 0.615. The van der Waals surface area contributed by atoms with Gasteiger partial charge < -0.3 is 20.9 Å². The maximum atomic E-state index is 9.17. The van der Waals surface area contributed by atoms with Crippen molar-refractivity contribution in [1.82, 2.24) is 9.97 Å². The summed E-state index contributed by atoms with van der Waals surface area (Å²) in [5.41, 5.74) is 5.64. The van der Waals surface area contributed by atoms with E-state index in [2.05, 4.69) is 15.3 Å². The molecule has 0 saturated heterocycles. The first-order valence-electron chi connectivity index (χ1n) is 4.68. The van der Waals surface area contributed by atoms with E-state index in [1.54, 1.807) is 19.2 Å². The van der Waals surface area contributed by atoms with E-state index >= 15 is 0 Å². The van der Waals surface area contributed by atoms with Gasteiger partial charge in [-0.3, -0.25) is 0 Å². The number of ether oxygens (including phenoxy) is 1. The Kier molecular flexibility index (Phi) is 4.26. The molecule has 0 aliphatic rings. The van der Waals surface area contributed by atoms with Gasteiger partial charge in [0, 0.05) is 24.8 Å². The molecule has 0 aliphatic carbocycles. The Morgan fingerprint density at radius 3 is 3.00 bits per heavy atom. The molecule has 4 N–H and O–H groups in total. The fourth-order valence-electron chi connectivity index (χ4n) is 0.921. The number of anilines is 1. The van der Waals surface area contributed by atoms with Crippen LogP contribution < -0.4 is 15.8 Å². The molecule has 84 valence electrons. The number of nitrogens with two attached hydrogens (primary N) is 1. The number of rotatable bonds is 5. The molecule has 0 amide bonds. The van der Waals surface area contributed by atoms with Gasteiger partial charge in [0.15, 0.2) is 0 Å². The van der Waals surface area contributed by atoms with E-state index in [4.69, 9.17) is 15.6 Å². The summed E-state index contributed by atoms with van der Waals surface area (Å²) in [6.07, 6.45) is 1.02. The fourth-order valence-corrected chi connectivity index (χ4v) is 0.921. The molecule has 0 radical (unpaired) electrons. The highest BCUT2D eigenvalue weighted by Gasteiger charge is 2.09. The van der Waals surface area contributed by atoms with Crippen LogP contribution >= 0.6 is 0 Å². The summed E-state index contributed by atoms with van der Waals surface area (Å²) in [4.78, 5) is 8.02. The standard InChI is InChI=1S/C9H16N4O2/c1-6(14)7(10)5-12-9-11-4-3-8(13-9)15-2/h3-4,6-7,14H,5,10H2,1-2H3,(H,11,12,13). The van der Waals surface area contributed by atoms with E-state index in [9.17, 15) is 0 Å². The van der Waals surface area contributed by atoms with Crippen LogP contribution in [0.4, 0.5) is 5.95 Å². The van der Waals surface area contributed by atoms with Crippen LogP contribution in [0.1, 0.15) is 6.92 Å². The Hall–Kier alpha value is -1.40. The lowest BCUT2D eigenvalue weighted by atomic mass is 10.2. The lowest BCUT2D eigenvalue weighted by Crippen LogP contribution is -2.38. The number of aliphatic hydroxyl groups is 1. The van der Waals surface area contributed by atoms with E-state index in [1.807, 2.05) is 0 Å². The molecule has 0 bridgehead atoms. The summed E-state index contributed by atoms with van der Waals surface area (Å²) >= 11 is 0. The Morgan fingerprint density at radius 2 is 2.40 bits per heavy atom. The van der Waals surface area contributed by atoms with E-state index in [0.717, 1.165) is 0 Å². The first-order valence-corrected chi connectivity index (χ1v) is 4.68. The van der Waals surface area contributed by atoms with Gasteiger partial charge in [0.1, 0.15) is 0 Å². The fraction of sp³-hybridized carbons (Fsp3) is 0.556. The van der Waals surface area contributed by atoms with Crippen LogP contribution in [0.2, 0.25) is 0 Å². The maximum Gasteiger partial charge on any atom is 0.225 e. The Morgan fingerprint density at radius 1 is 1.67 bits per heavy atom. The van der Waals surface area contributed by atoms with Gasteiger partial charge in [0.2, 0.25) is 11.8 Å². The van der Waals surface area contributed by atoms with Gasteiger partial charge in [-0.05, 0) is 6.92 Å². The van der Waals surface area contributed by atoms with Crippen molar-refractivity contribution in [2.24, 2.45) is 5.73 Å². The summed E-state index contributed by atoms with van der Waals surface area (Å²) in [5, 5.41) is 12.1. The van der Waals surface area contributed by atoms with Crippen molar-refractivity contribution >= 4 is 5.95 Å². The van der Waals surface area contributed by atoms with E-state index in [-0.39, 0.29) is 6.04 Å². The third-order valence-corrected chi connectivity index (χ3v) is 1.95. The van der Waals surface area contributed by atoms with Crippen molar-refractivity contribution in [3.63, 3.8) is 0 Å². The molecule has 2 atom stereocenters. The molecule has 6 heteroatoms. The molecule has 0 fully saturated rings. The minimum Gasteiger partial charge on any atom is -0.481 e. The number of methoxy groups -OCH3 is 1. The second-order valence-corrected chi connectivity index (χ2v) is 3.21. The van der Waals surface area contributed by atoms with Crippen molar-refractivity contribution in [2.45, 2.75) is 19.1 Å². The van der Waals surface area contributed by atoms with Crippen LogP contribution in [0.25, 0.3) is 0 Å². The summed E-state index contributed by atoms with van der Waals surface area (Å²) < 4.78 is 4.94. The largest absolute Gasteiger partial charge is 0.481 e. The van der Waals surface area contributed by atoms with Crippen molar-refractivity contribution < 1.29 is 9.84 Å². The highest BCUT2D eigenvalue weighted by Crippen LogP contribution is 2.06. The van der Waals surface area contributed by atoms with Gasteiger partial charge in [0.05, 0.1) is 13.2 Å². The zero-order valence-electron chi connectivity index (χ0n) is 8.84. The molecule has 0 aromatic carbocycles. The van der Waals surface area contributed by atoms with Crippen LogP contribution in [-0.2, 0) is 0 Å². The van der Waals surface area contributed by atoms with E-state index in [1.165, 1.54) is 7.11 Å². The predicted molar refractivity (Wildman–Crippen MR) is 56.7 cm³/mol. The Balaban J connectivity index is 2.50. The monoisotopic (exact) mass is 212 g/mol. The molecule has 1 heterocycles.